The van der Waals surface area contributed by atoms with Crippen molar-refractivity contribution >= 4 is 50.2 Å². The zero-order valence-electron chi connectivity index (χ0n) is 16.5. The summed E-state index contributed by atoms with van der Waals surface area (Å²) in [4.78, 5) is 13.6. The van der Waals surface area contributed by atoms with Gasteiger partial charge in [0.1, 0.15) is 0 Å². The molecule has 0 saturated heterocycles. The summed E-state index contributed by atoms with van der Waals surface area (Å²) in [5.41, 5.74) is 3.08. The Bertz CT molecular complexity index is 1250. The Morgan fingerprint density at radius 2 is 1.84 bits per heavy atom. The molecule has 4 aromatic rings. The first-order chi connectivity index (χ1) is 15.2. The summed E-state index contributed by atoms with van der Waals surface area (Å²) in [6.45, 7) is 0.991. The molecule has 5 rings (SSSR count). The molecule has 2 heterocycles. The molecule has 0 atom stereocenters. The Labute approximate surface area is 192 Å². The van der Waals surface area contributed by atoms with Crippen molar-refractivity contribution in [3.05, 3.63) is 83.0 Å². The van der Waals surface area contributed by atoms with E-state index in [0.717, 1.165) is 26.8 Å². The van der Waals surface area contributed by atoms with Crippen molar-refractivity contribution in [2.24, 2.45) is 0 Å². The number of anilines is 1. The molecule has 0 fully saturated rings. The first-order valence-electron chi connectivity index (χ1n) is 9.80. The second kappa shape index (κ2) is 8.69. The molecule has 1 N–H and O–H groups in total. The van der Waals surface area contributed by atoms with E-state index in [1.807, 2.05) is 18.2 Å². The number of aromatic nitrogens is 1. The number of carbonyl (C=O) groups excluding carboxylic acids is 1. The second-order valence-electron chi connectivity index (χ2n) is 7.17. The summed E-state index contributed by atoms with van der Waals surface area (Å²) in [6, 6.07) is 22.0. The molecule has 1 amide bonds. The van der Waals surface area contributed by atoms with Crippen molar-refractivity contribution in [1.29, 1.82) is 0 Å². The summed E-state index contributed by atoms with van der Waals surface area (Å²) in [5, 5.41) is 4.09. The molecule has 0 saturated carbocycles. The van der Waals surface area contributed by atoms with Gasteiger partial charge in [-0.3, -0.25) is 4.79 Å². The normalized spacial score (nSPS) is 12.3. The SMILES string of the molecule is O=C(CSc1cn(Cc2ccc(Br)cc2)c2ccccc12)Nc1ccc2c(c1)OCO2. The number of nitrogens with one attached hydrogen (secondary N) is 1. The largest absolute Gasteiger partial charge is 0.454 e. The van der Waals surface area contributed by atoms with Gasteiger partial charge < -0.3 is 19.4 Å². The van der Waals surface area contributed by atoms with Crippen LogP contribution in [0, 0.1) is 0 Å². The molecule has 156 valence electrons. The van der Waals surface area contributed by atoms with Crippen molar-refractivity contribution in [1.82, 2.24) is 4.57 Å². The molecular weight excluding hydrogens is 476 g/mol. The van der Waals surface area contributed by atoms with Gasteiger partial charge in [-0.15, -0.1) is 11.8 Å². The van der Waals surface area contributed by atoms with E-state index in [4.69, 9.17) is 9.47 Å². The Balaban J connectivity index is 1.30. The van der Waals surface area contributed by atoms with Gasteiger partial charge in [0.05, 0.1) is 5.75 Å². The number of nitrogens with zero attached hydrogens (tertiary/aromatic N) is 1. The minimum absolute atomic E-state index is 0.0615. The molecule has 3 aromatic carbocycles. The van der Waals surface area contributed by atoms with Crippen LogP contribution in [0.3, 0.4) is 0 Å². The van der Waals surface area contributed by atoms with Gasteiger partial charge >= 0.3 is 0 Å². The quantitative estimate of drug-likeness (QED) is 0.338. The van der Waals surface area contributed by atoms with E-state index in [1.165, 1.54) is 5.56 Å². The number of ether oxygens (including phenoxy) is 2. The lowest BCUT2D eigenvalue weighted by molar-refractivity contribution is -0.113. The van der Waals surface area contributed by atoms with Gasteiger partial charge in [-0.25, -0.2) is 0 Å². The van der Waals surface area contributed by atoms with E-state index in [2.05, 4.69) is 68.4 Å². The first kappa shape index (κ1) is 20.0. The van der Waals surface area contributed by atoms with Gasteiger partial charge in [0.2, 0.25) is 12.7 Å². The number of fused-ring (bicyclic) bond motifs is 2. The fourth-order valence-electron chi connectivity index (χ4n) is 3.56. The lowest BCUT2D eigenvalue weighted by Gasteiger charge is -2.06. The maximum absolute atomic E-state index is 12.5. The standard InChI is InChI=1S/C24H19BrN2O3S/c25-17-7-5-16(6-8-17)12-27-13-23(19-3-1-2-4-20(19)27)31-14-24(28)26-18-9-10-21-22(11-18)30-15-29-21/h1-11,13H,12,14-15H2,(H,26,28). The van der Waals surface area contributed by atoms with E-state index in [1.54, 1.807) is 23.9 Å². The molecule has 1 aliphatic heterocycles. The second-order valence-corrected chi connectivity index (χ2v) is 9.10. The molecule has 0 radical (unpaired) electrons. The number of rotatable bonds is 6. The van der Waals surface area contributed by atoms with Crippen LogP contribution in [0.5, 0.6) is 11.5 Å². The number of para-hydroxylation sites is 1. The van der Waals surface area contributed by atoms with Gasteiger partial charge in [0.15, 0.2) is 11.5 Å². The Morgan fingerprint density at radius 3 is 2.71 bits per heavy atom. The van der Waals surface area contributed by atoms with Gasteiger partial charge in [0.25, 0.3) is 0 Å². The highest BCUT2D eigenvalue weighted by Gasteiger charge is 2.15. The van der Waals surface area contributed by atoms with E-state index in [9.17, 15) is 4.79 Å². The van der Waals surface area contributed by atoms with Crippen LogP contribution in [0.2, 0.25) is 0 Å². The fourth-order valence-corrected chi connectivity index (χ4v) is 4.71. The maximum Gasteiger partial charge on any atom is 0.234 e. The van der Waals surface area contributed by atoms with E-state index < -0.39 is 0 Å². The van der Waals surface area contributed by atoms with Crippen molar-refractivity contribution in [3.8, 4) is 11.5 Å². The Morgan fingerprint density at radius 1 is 1.03 bits per heavy atom. The maximum atomic E-state index is 12.5. The molecule has 0 aliphatic carbocycles. The average molecular weight is 495 g/mol. The van der Waals surface area contributed by atoms with Crippen molar-refractivity contribution in [2.45, 2.75) is 11.4 Å². The molecule has 5 nitrogen and oxygen atoms in total. The van der Waals surface area contributed by atoms with Crippen LogP contribution >= 0.6 is 27.7 Å². The van der Waals surface area contributed by atoms with Crippen LogP contribution in [0.1, 0.15) is 5.56 Å². The number of thioether (sulfide) groups is 1. The molecular formula is C24H19BrN2O3S. The number of hydrogen-bond acceptors (Lipinski definition) is 4. The first-order valence-corrected chi connectivity index (χ1v) is 11.6. The zero-order valence-corrected chi connectivity index (χ0v) is 18.9. The number of halogens is 1. The van der Waals surface area contributed by atoms with Crippen molar-refractivity contribution < 1.29 is 14.3 Å². The zero-order chi connectivity index (χ0) is 21.2. The minimum Gasteiger partial charge on any atom is -0.454 e. The molecule has 7 heteroatoms. The van der Waals surface area contributed by atoms with Crippen LogP contribution in [0.4, 0.5) is 5.69 Å². The highest BCUT2D eigenvalue weighted by atomic mass is 79.9. The third kappa shape index (κ3) is 4.43. The Kier molecular flexibility index (Phi) is 5.61. The molecule has 0 bridgehead atoms. The smallest absolute Gasteiger partial charge is 0.234 e. The van der Waals surface area contributed by atoms with Gasteiger partial charge in [-0.1, -0.05) is 46.3 Å². The number of benzene rings is 3. The van der Waals surface area contributed by atoms with Gasteiger partial charge in [0, 0.05) is 44.8 Å². The summed E-state index contributed by atoms with van der Waals surface area (Å²) in [6.07, 6.45) is 2.13. The van der Waals surface area contributed by atoms with Gasteiger partial charge in [-0.05, 0) is 35.9 Å². The van der Waals surface area contributed by atoms with Gasteiger partial charge in [-0.2, -0.15) is 0 Å². The van der Waals surface area contributed by atoms with E-state index in [-0.39, 0.29) is 12.7 Å². The number of hydrogen-bond donors (Lipinski definition) is 1. The highest BCUT2D eigenvalue weighted by Crippen LogP contribution is 2.35. The van der Waals surface area contributed by atoms with Crippen LogP contribution in [-0.2, 0) is 11.3 Å². The lowest BCUT2D eigenvalue weighted by atomic mass is 10.2. The predicted octanol–water partition coefficient (Wildman–Crippen LogP) is 5.91. The molecule has 0 spiro atoms. The van der Waals surface area contributed by atoms with Crippen LogP contribution in [0.25, 0.3) is 10.9 Å². The van der Waals surface area contributed by atoms with E-state index >= 15 is 0 Å². The highest BCUT2D eigenvalue weighted by molar-refractivity contribution is 9.10. The minimum atomic E-state index is -0.0615. The number of amides is 1. The molecule has 1 aromatic heterocycles. The van der Waals surface area contributed by atoms with Crippen LogP contribution in [-0.4, -0.2) is 23.0 Å². The average Bonchev–Trinajstić information content (AvgIpc) is 3.38. The number of carbonyl (C=O) groups is 1. The summed E-state index contributed by atoms with van der Waals surface area (Å²) < 4.78 is 14.0. The third-order valence-electron chi connectivity index (χ3n) is 5.03. The van der Waals surface area contributed by atoms with Crippen molar-refractivity contribution in [2.75, 3.05) is 17.9 Å². The van der Waals surface area contributed by atoms with E-state index in [0.29, 0.717) is 22.9 Å². The monoisotopic (exact) mass is 494 g/mol. The summed E-state index contributed by atoms with van der Waals surface area (Å²) >= 11 is 5.03. The van der Waals surface area contributed by atoms with Crippen LogP contribution in [0.15, 0.2) is 82.3 Å². The predicted molar refractivity (Wildman–Crippen MR) is 127 cm³/mol. The lowest BCUT2D eigenvalue weighted by Crippen LogP contribution is -2.13. The third-order valence-corrected chi connectivity index (χ3v) is 6.60. The molecule has 1 aliphatic rings. The fraction of sp³-hybridized carbons (Fsp3) is 0.125. The molecule has 31 heavy (non-hydrogen) atoms. The molecule has 0 unspecified atom stereocenters. The van der Waals surface area contributed by atoms with Crippen molar-refractivity contribution in [3.63, 3.8) is 0 Å². The Hall–Kier alpha value is -2.90. The summed E-state index contributed by atoms with van der Waals surface area (Å²) in [7, 11) is 0. The van der Waals surface area contributed by atoms with Crippen LogP contribution < -0.4 is 14.8 Å². The summed E-state index contributed by atoms with van der Waals surface area (Å²) in [5.74, 6) is 1.61. The topological polar surface area (TPSA) is 52.5 Å².